The normalized spacial score (nSPS) is 15.6. The summed E-state index contributed by atoms with van der Waals surface area (Å²) in [4.78, 5) is 24.5. The maximum atomic E-state index is 16.1. The van der Waals surface area contributed by atoms with E-state index in [1.165, 1.54) is 19.3 Å². The maximum Gasteiger partial charge on any atom is 0.318 e. The third-order valence-electron chi connectivity index (χ3n) is 6.51. The third-order valence-corrected chi connectivity index (χ3v) is 6.81. The van der Waals surface area contributed by atoms with Gasteiger partial charge in [0, 0.05) is 30.6 Å². The molecule has 1 amide bonds. The molecular weight excluding hydrogens is 485 g/mol. The van der Waals surface area contributed by atoms with Gasteiger partial charge in [-0.1, -0.05) is 18.2 Å². The summed E-state index contributed by atoms with van der Waals surface area (Å²) in [5, 5.41) is 20.0. The summed E-state index contributed by atoms with van der Waals surface area (Å²) in [6.45, 7) is 8.22. The first-order chi connectivity index (χ1) is 17.2. The molecule has 1 fully saturated rings. The number of nitrogens with zero attached hydrogens (tertiary/aromatic N) is 5. The van der Waals surface area contributed by atoms with Gasteiger partial charge in [0.1, 0.15) is 17.1 Å². The van der Waals surface area contributed by atoms with Crippen LogP contribution in [0.3, 0.4) is 0 Å². The van der Waals surface area contributed by atoms with E-state index < -0.39 is 11.9 Å². The van der Waals surface area contributed by atoms with Crippen molar-refractivity contribution in [2.45, 2.75) is 26.3 Å². The van der Waals surface area contributed by atoms with Crippen LogP contribution in [0.2, 0.25) is 5.02 Å². The van der Waals surface area contributed by atoms with Gasteiger partial charge in [0.25, 0.3) is 0 Å². The van der Waals surface area contributed by atoms with Crippen molar-refractivity contribution in [2.75, 3.05) is 31.6 Å². The molecule has 1 N–H and O–H groups in total. The topological polar surface area (TPSA) is 103 Å². The van der Waals surface area contributed by atoms with Crippen LogP contribution < -0.4 is 9.64 Å². The van der Waals surface area contributed by atoms with Gasteiger partial charge in [0.05, 0.1) is 30.7 Å². The van der Waals surface area contributed by atoms with Gasteiger partial charge in [0.2, 0.25) is 5.91 Å². The summed E-state index contributed by atoms with van der Waals surface area (Å²) in [5.41, 5.74) is 2.16. The lowest BCUT2D eigenvalue weighted by Crippen LogP contribution is -2.55. The van der Waals surface area contributed by atoms with E-state index in [2.05, 4.69) is 22.6 Å². The number of methoxy groups -OCH3 is 1. The van der Waals surface area contributed by atoms with Crippen LogP contribution in [0.15, 0.2) is 30.9 Å². The summed E-state index contributed by atoms with van der Waals surface area (Å²) >= 11 is 6.63. The number of halogens is 2. The predicted octanol–water partition coefficient (Wildman–Crippen LogP) is 4.54. The fourth-order valence-electron chi connectivity index (χ4n) is 4.57. The molecule has 4 rings (SSSR count). The Hall–Kier alpha value is -3.90. The summed E-state index contributed by atoms with van der Waals surface area (Å²) in [7, 11) is 1.39. The van der Waals surface area contributed by atoms with Crippen LogP contribution in [0.25, 0.3) is 22.0 Å². The van der Waals surface area contributed by atoms with Gasteiger partial charge in [-0.05, 0) is 54.8 Å². The third kappa shape index (κ3) is 4.40. The second kappa shape index (κ2) is 9.99. The van der Waals surface area contributed by atoms with E-state index in [0.717, 1.165) is 11.1 Å². The van der Waals surface area contributed by atoms with Crippen molar-refractivity contribution in [1.82, 2.24) is 14.9 Å². The number of phenolic OH excluding ortho intramolecular Hbond substituents is 1. The minimum absolute atomic E-state index is 0.0000903. The minimum atomic E-state index is -0.665. The summed E-state index contributed by atoms with van der Waals surface area (Å²) in [6.07, 6.45) is 1.34. The molecule has 1 aliphatic heterocycles. The molecule has 186 valence electrons. The number of anilines is 1. The number of carbonyl (C=O) groups is 1. The Labute approximate surface area is 213 Å². The number of amides is 1. The van der Waals surface area contributed by atoms with Crippen LogP contribution in [0.1, 0.15) is 17.5 Å². The van der Waals surface area contributed by atoms with Gasteiger partial charge >= 0.3 is 6.01 Å². The highest BCUT2D eigenvalue weighted by molar-refractivity contribution is 6.34. The van der Waals surface area contributed by atoms with E-state index in [9.17, 15) is 15.2 Å². The second-order valence-electron chi connectivity index (χ2n) is 8.61. The van der Waals surface area contributed by atoms with Crippen molar-refractivity contribution in [3.8, 4) is 29.0 Å². The lowest BCUT2D eigenvalue weighted by Gasteiger charge is -2.41. The number of fused-ring (bicyclic) bond motifs is 1. The molecule has 2 aromatic carbocycles. The largest absolute Gasteiger partial charge is 0.508 e. The van der Waals surface area contributed by atoms with Crippen molar-refractivity contribution in [1.29, 1.82) is 5.26 Å². The summed E-state index contributed by atoms with van der Waals surface area (Å²) < 4.78 is 21.4. The molecular formula is C26H25ClFN5O3. The van der Waals surface area contributed by atoms with Crippen molar-refractivity contribution < 1.29 is 19.0 Å². The molecule has 2 heterocycles. The molecule has 1 atom stereocenters. The number of aryl methyl sites for hydroxylation is 1. The number of piperazine rings is 1. The maximum absolute atomic E-state index is 16.1. The highest BCUT2D eigenvalue weighted by atomic mass is 35.5. The lowest BCUT2D eigenvalue weighted by molar-refractivity contribution is -0.128. The molecule has 1 aromatic heterocycles. The highest BCUT2D eigenvalue weighted by Crippen LogP contribution is 2.41. The Morgan fingerprint density at radius 1 is 1.36 bits per heavy atom. The van der Waals surface area contributed by atoms with Crippen LogP contribution in [0, 0.1) is 31.0 Å². The van der Waals surface area contributed by atoms with E-state index >= 15 is 4.39 Å². The Morgan fingerprint density at radius 3 is 2.78 bits per heavy atom. The van der Waals surface area contributed by atoms with Crippen LogP contribution in [-0.2, 0) is 4.79 Å². The van der Waals surface area contributed by atoms with Crippen LogP contribution in [-0.4, -0.2) is 58.7 Å². The van der Waals surface area contributed by atoms with Gasteiger partial charge < -0.3 is 19.6 Å². The smallest absolute Gasteiger partial charge is 0.318 e. The molecule has 0 aliphatic carbocycles. The number of hydrogen-bond acceptors (Lipinski definition) is 7. The number of carbonyl (C=O) groups excluding carboxylic acids is 1. The van der Waals surface area contributed by atoms with E-state index in [0.29, 0.717) is 36.4 Å². The molecule has 0 saturated carbocycles. The van der Waals surface area contributed by atoms with Gasteiger partial charge in [-0.3, -0.25) is 4.79 Å². The van der Waals surface area contributed by atoms with Gasteiger partial charge in [-0.15, -0.1) is 0 Å². The molecule has 3 aromatic rings. The van der Waals surface area contributed by atoms with Crippen LogP contribution >= 0.6 is 11.6 Å². The number of aromatic hydroxyl groups is 1. The first-order valence-electron chi connectivity index (χ1n) is 11.3. The van der Waals surface area contributed by atoms with E-state index in [1.54, 1.807) is 17.0 Å². The molecule has 1 saturated heterocycles. The Bertz CT molecular complexity index is 1420. The van der Waals surface area contributed by atoms with Crippen molar-refractivity contribution in [3.63, 3.8) is 0 Å². The molecule has 0 spiro atoms. The molecule has 8 nitrogen and oxygen atoms in total. The van der Waals surface area contributed by atoms with Gasteiger partial charge in [0.15, 0.2) is 5.82 Å². The molecule has 10 heteroatoms. The average molecular weight is 510 g/mol. The second-order valence-corrected chi connectivity index (χ2v) is 9.02. The van der Waals surface area contributed by atoms with Gasteiger partial charge in [-0.25, -0.2) is 4.39 Å². The first-order valence-corrected chi connectivity index (χ1v) is 11.7. The first kappa shape index (κ1) is 25.2. The zero-order valence-corrected chi connectivity index (χ0v) is 20.9. The van der Waals surface area contributed by atoms with E-state index in [1.807, 2.05) is 18.7 Å². The van der Waals surface area contributed by atoms with Crippen LogP contribution in [0.5, 0.6) is 11.8 Å². The molecule has 0 unspecified atom stereocenters. The Morgan fingerprint density at radius 2 is 2.11 bits per heavy atom. The number of ether oxygens (including phenoxy) is 1. The summed E-state index contributed by atoms with van der Waals surface area (Å²) in [5.74, 6) is -0.529. The molecule has 36 heavy (non-hydrogen) atoms. The van der Waals surface area contributed by atoms with Crippen LogP contribution in [0.4, 0.5) is 10.2 Å². The van der Waals surface area contributed by atoms with Crippen molar-refractivity contribution in [3.05, 3.63) is 52.8 Å². The number of rotatable bonds is 5. The van der Waals surface area contributed by atoms with Crippen molar-refractivity contribution >= 4 is 34.2 Å². The molecule has 1 aliphatic rings. The number of phenols is 1. The quantitative estimate of drug-likeness (QED) is 0.504. The number of nitriles is 1. The van der Waals surface area contributed by atoms with E-state index in [4.69, 9.17) is 16.3 Å². The number of benzene rings is 2. The fourth-order valence-corrected chi connectivity index (χ4v) is 4.87. The number of aromatic nitrogens is 2. The average Bonchev–Trinajstić information content (AvgIpc) is 2.86. The zero-order chi connectivity index (χ0) is 26.1. The lowest BCUT2D eigenvalue weighted by atomic mass is 9.95. The predicted molar refractivity (Wildman–Crippen MR) is 136 cm³/mol. The fraction of sp³-hybridized carbons (Fsp3) is 0.308. The SMILES string of the molecule is C=CC(=O)N1CCN(c2nc(OC)nc3c(F)c(-c4cc(O)cc(C)c4C)c(Cl)cc23)C[C@@H]1CC#N. The van der Waals surface area contributed by atoms with Gasteiger partial charge in [-0.2, -0.15) is 15.2 Å². The van der Waals surface area contributed by atoms with E-state index in [-0.39, 0.29) is 40.2 Å². The molecule has 0 bridgehead atoms. The molecule has 0 radical (unpaired) electrons. The minimum Gasteiger partial charge on any atom is -0.508 e. The zero-order valence-electron chi connectivity index (χ0n) is 20.2. The summed E-state index contributed by atoms with van der Waals surface area (Å²) in [6, 6.07) is 6.36. The number of hydrogen-bond donors (Lipinski definition) is 1. The highest BCUT2D eigenvalue weighted by Gasteiger charge is 2.32. The standard InChI is InChI=1S/C26H25ClFN5O3/c1-5-21(35)33-9-8-32(13-16(33)6-7-29)25-19-12-20(27)22(18-11-17(34)10-14(2)15(18)3)23(28)24(19)30-26(31-25)36-4/h5,10-12,16,34H,1,6,8-9,13H2,2-4H3/t16-/m0/s1. The monoisotopic (exact) mass is 509 g/mol. The van der Waals surface area contributed by atoms with Crippen molar-refractivity contribution in [2.24, 2.45) is 0 Å². The Kier molecular flexibility index (Phi) is 7.00. The Balaban J connectivity index is 1.89.